The number of rotatable bonds is 11. The minimum Gasteiger partial charge on any atom is -0.483 e. The van der Waals surface area contributed by atoms with E-state index in [0.717, 1.165) is 23.1 Å². The second kappa shape index (κ2) is 12.5. The molecule has 2 aromatic heterocycles. The lowest BCUT2D eigenvalue weighted by atomic mass is 10.1. The molecule has 196 valence electrons. The molecule has 0 bridgehead atoms. The van der Waals surface area contributed by atoms with Crippen molar-refractivity contribution in [2.45, 2.75) is 31.7 Å². The summed E-state index contributed by atoms with van der Waals surface area (Å²) in [6.07, 6.45) is 1.14. The molecule has 0 saturated carbocycles. The van der Waals surface area contributed by atoms with Gasteiger partial charge >= 0.3 is 11.9 Å². The van der Waals surface area contributed by atoms with Gasteiger partial charge in [-0.05, 0) is 43.7 Å². The van der Waals surface area contributed by atoms with E-state index >= 15 is 0 Å². The molecule has 0 aliphatic carbocycles. The summed E-state index contributed by atoms with van der Waals surface area (Å²) >= 11 is 2.05. The Bertz CT molecular complexity index is 1310. The molecule has 0 aliphatic heterocycles. The number of benzene rings is 1. The fourth-order valence-corrected chi connectivity index (χ4v) is 5.19. The molecule has 3 aromatic rings. The Labute approximate surface area is 220 Å². The Morgan fingerprint density at radius 2 is 1.86 bits per heavy atom. The summed E-state index contributed by atoms with van der Waals surface area (Å²) in [7, 11) is 2.44. The highest BCUT2D eigenvalue weighted by molar-refractivity contribution is 7.99. The number of amides is 1. The van der Waals surface area contributed by atoms with E-state index in [1.165, 1.54) is 38.5 Å². The van der Waals surface area contributed by atoms with Gasteiger partial charge in [-0.3, -0.25) is 9.36 Å². The van der Waals surface area contributed by atoms with Gasteiger partial charge in [0.15, 0.2) is 17.1 Å². The molecule has 1 amide bonds. The summed E-state index contributed by atoms with van der Waals surface area (Å²) in [6.45, 7) is 7.48. The largest absolute Gasteiger partial charge is 0.483 e. The number of carbonyl (C=O) groups is 3. The molecule has 1 aromatic carbocycles. The zero-order valence-electron chi connectivity index (χ0n) is 20.6. The van der Waals surface area contributed by atoms with Gasteiger partial charge in [0.05, 0.1) is 25.5 Å². The maximum absolute atomic E-state index is 13.2. The van der Waals surface area contributed by atoms with Crippen LogP contribution in [0.2, 0.25) is 0 Å². The third kappa shape index (κ3) is 6.54. The summed E-state index contributed by atoms with van der Waals surface area (Å²) in [4.78, 5) is 37.3. The van der Waals surface area contributed by atoms with E-state index in [1.807, 2.05) is 0 Å². The first-order chi connectivity index (χ1) is 17.7. The van der Waals surface area contributed by atoms with Crippen molar-refractivity contribution < 1.29 is 33.0 Å². The number of ether oxygens (including phenoxy) is 3. The third-order valence-electron chi connectivity index (χ3n) is 5.04. The van der Waals surface area contributed by atoms with Crippen LogP contribution in [-0.2, 0) is 20.8 Å². The number of thiophene rings is 1. The number of thioether (sulfide) groups is 1. The van der Waals surface area contributed by atoms with Crippen LogP contribution in [0.4, 0.5) is 9.39 Å². The quantitative estimate of drug-likeness (QED) is 0.211. The summed E-state index contributed by atoms with van der Waals surface area (Å²) in [5.41, 5.74) is 0.451. The molecule has 13 heteroatoms. The van der Waals surface area contributed by atoms with Crippen LogP contribution in [0.15, 0.2) is 42.1 Å². The molecule has 2 heterocycles. The standard InChI is InChI=1S/C24H25FN4O6S2/c1-6-11-29-20(14(3)35-16-9-7-15(25)8-10-16)27-28-24(29)36-12-17(30)26-21-18(22(31)33-4)13(2)19(37-21)23(32)34-5/h6-10,14H,1,11-12H2,2-5H3,(H,26,30). The molecular formula is C24H25FN4O6S2. The van der Waals surface area contributed by atoms with Crippen molar-refractivity contribution in [1.82, 2.24) is 14.8 Å². The molecule has 0 aliphatic rings. The van der Waals surface area contributed by atoms with Crippen molar-refractivity contribution >= 4 is 45.9 Å². The van der Waals surface area contributed by atoms with Crippen LogP contribution in [0.5, 0.6) is 5.75 Å². The zero-order chi connectivity index (χ0) is 27.1. The summed E-state index contributed by atoms with van der Waals surface area (Å²) < 4.78 is 30.4. The number of hydrogen-bond acceptors (Lipinski definition) is 10. The number of allylic oxidation sites excluding steroid dienone is 1. The van der Waals surface area contributed by atoms with Crippen molar-refractivity contribution in [3.63, 3.8) is 0 Å². The van der Waals surface area contributed by atoms with Crippen molar-refractivity contribution in [2.24, 2.45) is 0 Å². The minimum atomic E-state index is -0.683. The van der Waals surface area contributed by atoms with Gasteiger partial charge in [-0.15, -0.1) is 28.1 Å². The van der Waals surface area contributed by atoms with E-state index < -0.39 is 23.9 Å². The zero-order valence-corrected chi connectivity index (χ0v) is 22.2. The van der Waals surface area contributed by atoms with Gasteiger partial charge in [-0.25, -0.2) is 14.0 Å². The third-order valence-corrected chi connectivity index (χ3v) is 7.19. The van der Waals surface area contributed by atoms with Crippen LogP contribution in [0.3, 0.4) is 0 Å². The molecule has 1 unspecified atom stereocenters. The fraction of sp³-hybridized carbons (Fsp3) is 0.292. The summed E-state index contributed by atoms with van der Waals surface area (Å²) in [5, 5.41) is 11.7. The SMILES string of the molecule is C=CCn1c(SCC(=O)Nc2sc(C(=O)OC)c(C)c2C(=O)OC)nnc1C(C)Oc1ccc(F)cc1. The molecule has 0 radical (unpaired) electrons. The first-order valence-electron chi connectivity index (χ1n) is 10.9. The van der Waals surface area contributed by atoms with Gasteiger partial charge in [-0.1, -0.05) is 17.8 Å². The monoisotopic (exact) mass is 548 g/mol. The van der Waals surface area contributed by atoms with Crippen molar-refractivity contribution in [1.29, 1.82) is 0 Å². The maximum Gasteiger partial charge on any atom is 0.348 e. The molecule has 0 fully saturated rings. The first kappa shape index (κ1) is 27.9. The van der Waals surface area contributed by atoms with Gasteiger partial charge in [0.25, 0.3) is 0 Å². The van der Waals surface area contributed by atoms with Crippen molar-refractivity contribution in [2.75, 3.05) is 25.3 Å². The molecule has 1 N–H and O–H groups in total. The van der Waals surface area contributed by atoms with E-state index in [0.29, 0.717) is 28.8 Å². The average molecular weight is 549 g/mol. The van der Waals surface area contributed by atoms with Gasteiger partial charge in [0, 0.05) is 6.54 Å². The van der Waals surface area contributed by atoms with Crippen LogP contribution >= 0.6 is 23.1 Å². The van der Waals surface area contributed by atoms with Gasteiger partial charge in [0.1, 0.15) is 21.4 Å². The van der Waals surface area contributed by atoms with E-state index in [2.05, 4.69) is 22.1 Å². The Morgan fingerprint density at radius 1 is 1.19 bits per heavy atom. The number of nitrogens with zero attached hydrogens (tertiary/aromatic N) is 3. The number of carbonyl (C=O) groups excluding carboxylic acids is 3. The number of nitrogens with one attached hydrogen (secondary N) is 1. The molecule has 1 atom stereocenters. The minimum absolute atomic E-state index is 0.0619. The van der Waals surface area contributed by atoms with Gasteiger partial charge in [0.2, 0.25) is 5.91 Å². The number of anilines is 1. The van der Waals surface area contributed by atoms with Crippen LogP contribution in [0.1, 0.15) is 44.4 Å². The van der Waals surface area contributed by atoms with Crippen molar-refractivity contribution in [3.05, 3.63) is 64.6 Å². The lowest BCUT2D eigenvalue weighted by Gasteiger charge is -2.15. The highest BCUT2D eigenvalue weighted by Gasteiger charge is 2.27. The number of aromatic nitrogens is 3. The number of methoxy groups -OCH3 is 2. The lowest BCUT2D eigenvalue weighted by Crippen LogP contribution is -2.17. The second-order valence-corrected chi connectivity index (χ2v) is 9.50. The Hall–Kier alpha value is -3.71. The van der Waals surface area contributed by atoms with Crippen molar-refractivity contribution in [3.8, 4) is 5.75 Å². The summed E-state index contributed by atoms with van der Waals surface area (Å²) in [5.74, 6) is -1.20. The van der Waals surface area contributed by atoms with E-state index in [-0.39, 0.29) is 27.0 Å². The molecule has 3 rings (SSSR count). The van der Waals surface area contributed by atoms with Crippen LogP contribution in [0.25, 0.3) is 0 Å². The molecule has 0 spiro atoms. The Balaban J connectivity index is 1.74. The molecule has 37 heavy (non-hydrogen) atoms. The van der Waals surface area contributed by atoms with Crippen LogP contribution in [0, 0.1) is 12.7 Å². The Kier molecular flexibility index (Phi) is 9.42. The Morgan fingerprint density at radius 3 is 2.49 bits per heavy atom. The van der Waals surface area contributed by atoms with E-state index in [4.69, 9.17) is 14.2 Å². The number of halogens is 1. The average Bonchev–Trinajstić information content (AvgIpc) is 3.43. The fourth-order valence-electron chi connectivity index (χ4n) is 3.31. The maximum atomic E-state index is 13.2. The normalized spacial score (nSPS) is 11.5. The second-order valence-electron chi connectivity index (χ2n) is 7.53. The van der Waals surface area contributed by atoms with E-state index in [9.17, 15) is 18.8 Å². The van der Waals surface area contributed by atoms with E-state index in [1.54, 1.807) is 24.5 Å². The summed E-state index contributed by atoms with van der Waals surface area (Å²) in [6, 6.07) is 5.62. The number of hydrogen-bond donors (Lipinski definition) is 1. The van der Waals surface area contributed by atoms with Gasteiger partial charge < -0.3 is 19.5 Å². The predicted molar refractivity (Wildman–Crippen MR) is 137 cm³/mol. The first-order valence-corrected chi connectivity index (χ1v) is 12.7. The van der Waals surface area contributed by atoms with Crippen LogP contribution < -0.4 is 10.1 Å². The smallest absolute Gasteiger partial charge is 0.348 e. The molecule has 0 saturated heterocycles. The van der Waals surface area contributed by atoms with Crippen LogP contribution in [-0.4, -0.2) is 52.6 Å². The number of esters is 2. The highest BCUT2D eigenvalue weighted by Crippen LogP contribution is 2.34. The molecule has 10 nitrogen and oxygen atoms in total. The van der Waals surface area contributed by atoms with Gasteiger partial charge in [-0.2, -0.15) is 0 Å². The molecular weight excluding hydrogens is 523 g/mol. The topological polar surface area (TPSA) is 122 Å². The predicted octanol–water partition coefficient (Wildman–Crippen LogP) is 4.42. The lowest BCUT2D eigenvalue weighted by molar-refractivity contribution is -0.113. The highest BCUT2D eigenvalue weighted by atomic mass is 32.2.